The first-order valence-corrected chi connectivity index (χ1v) is 6.20. The van der Waals surface area contributed by atoms with Gasteiger partial charge in [0.1, 0.15) is 5.75 Å². The number of rotatable bonds is 3. The van der Waals surface area contributed by atoms with Crippen LogP contribution < -0.4 is 5.32 Å². The van der Waals surface area contributed by atoms with Gasteiger partial charge >= 0.3 is 0 Å². The summed E-state index contributed by atoms with van der Waals surface area (Å²) >= 11 is 3.50. The number of benzene rings is 1. The molecule has 0 bridgehead atoms. The molecule has 15 heavy (non-hydrogen) atoms. The zero-order valence-electron chi connectivity index (χ0n) is 8.94. The van der Waals surface area contributed by atoms with Gasteiger partial charge in [-0.05, 0) is 71.9 Å². The van der Waals surface area contributed by atoms with E-state index >= 15 is 0 Å². The van der Waals surface area contributed by atoms with Crippen molar-refractivity contribution in [3.05, 3.63) is 27.2 Å². The van der Waals surface area contributed by atoms with E-state index in [-0.39, 0.29) is 0 Å². The van der Waals surface area contributed by atoms with Gasteiger partial charge in [0.15, 0.2) is 0 Å². The second-order valence-corrected chi connectivity index (χ2v) is 4.84. The normalized spacial score (nSPS) is 14.3. The van der Waals surface area contributed by atoms with Crippen LogP contribution in [0.2, 0.25) is 0 Å². The van der Waals surface area contributed by atoms with Gasteiger partial charge in [-0.25, -0.2) is 0 Å². The molecule has 1 aromatic carbocycles. The van der Waals surface area contributed by atoms with Crippen LogP contribution in [0.25, 0.3) is 0 Å². The van der Waals surface area contributed by atoms with E-state index in [0.717, 1.165) is 35.8 Å². The Hall–Kier alpha value is -0.540. The molecule has 0 spiro atoms. The monoisotopic (exact) mass is 269 g/mol. The fraction of sp³-hybridized carbons (Fsp3) is 0.500. The van der Waals surface area contributed by atoms with Crippen molar-refractivity contribution in [3.63, 3.8) is 0 Å². The van der Waals surface area contributed by atoms with Gasteiger partial charge in [0.2, 0.25) is 0 Å². The van der Waals surface area contributed by atoms with Gasteiger partial charge in [0.05, 0.1) is 4.47 Å². The smallest absolute Gasteiger partial charge is 0.133 e. The minimum absolute atomic E-state index is 0.436. The zero-order chi connectivity index (χ0) is 10.8. The van der Waals surface area contributed by atoms with E-state index in [1.807, 2.05) is 7.05 Å². The molecule has 0 aliphatic heterocycles. The van der Waals surface area contributed by atoms with Crippen molar-refractivity contribution >= 4 is 15.9 Å². The molecule has 82 valence electrons. The van der Waals surface area contributed by atoms with Crippen LogP contribution in [0.1, 0.15) is 23.1 Å². The first-order valence-electron chi connectivity index (χ1n) is 5.40. The highest BCUT2D eigenvalue weighted by molar-refractivity contribution is 9.10. The van der Waals surface area contributed by atoms with Crippen molar-refractivity contribution in [2.75, 3.05) is 13.6 Å². The van der Waals surface area contributed by atoms with E-state index in [0.29, 0.717) is 5.75 Å². The molecule has 0 heterocycles. The van der Waals surface area contributed by atoms with Crippen molar-refractivity contribution in [3.8, 4) is 5.75 Å². The Labute approximate surface area is 98.8 Å². The summed E-state index contributed by atoms with van der Waals surface area (Å²) in [6, 6.07) is 2.17. The molecule has 0 amide bonds. The van der Waals surface area contributed by atoms with Gasteiger partial charge in [-0.3, -0.25) is 0 Å². The maximum Gasteiger partial charge on any atom is 0.133 e. The van der Waals surface area contributed by atoms with E-state index in [1.165, 1.54) is 17.5 Å². The number of aryl methyl sites for hydroxylation is 1. The second-order valence-electron chi connectivity index (χ2n) is 4.04. The summed E-state index contributed by atoms with van der Waals surface area (Å²) in [6.07, 6.45) is 4.34. The van der Waals surface area contributed by atoms with Crippen molar-refractivity contribution < 1.29 is 5.11 Å². The molecule has 2 nitrogen and oxygen atoms in total. The number of phenolic OH excluding ortho intramolecular Hbond substituents is 1. The summed E-state index contributed by atoms with van der Waals surface area (Å²) in [5, 5.41) is 13.1. The summed E-state index contributed by atoms with van der Waals surface area (Å²) in [5.74, 6) is 0.436. The molecular weight excluding hydrogens is 254 g/mol. The summed E-state index contributed by atoms with van der Waals surface area (Å²) < 4.78 is 0.920. The van der Waals surface area contributed by atoms with Crippen LogP contribution in [0.15, 0.2) is 10.5 Å². The topological polar surface area (TPSA) is 32.3 Å². The average molecular weight is 270 g/mol. The molecule has 0 saturated heterocycles. The Morgan fingerprint density at radius 3 is 3.00 bits per heavy atom. The highest BCUT2D eigenvalue weighted by Gasteiger charge is 2.19. The summed E-state index contributed by atoms with van der Waals surface area (Å²) in [7, 11) is 1.93. The number of fused-ring (bicyclic) bond motifs is 1. The minimum atomic E-state index is 0.436. The molecular formula is C12H16BrNO. The van der Waals surface area contributed by atoms with Crippen LogP contribution in [-0.4, -0.2) is 18.7 Å². The molecule has 0 radical (unpaired) electrons. The number of hydrogen-bond donors (Lipinski definition) is 2. The molecule has 0 saturated carbocycles. The predicted octanol–water partition coefficient (Wildman–Crippen LogP) is 2.41. The third kappa shape index (κ3) is 2.04. The lowest BCUT2D eigenvalue weighted by Gasteiger charge is -2.11. The molecule has 2 rings (SSSR count). The van der Waals surface area contributed by atoms with Crippen LogP contribution >= 0.6 is 15.9 Å². The highest BCUT2D eigenvalue weighted by atomic mass is 79.9. The van der Waals surface area contributed by atoms with Gasteiger partial charge in [0.25, 0.3) is 0 Å². The summed E-state index contributed by atoms with van der Waals surface area (Å²) in [4.78, 5) is 0. The lowest BCUT2D eigenvalue weighted by molar-refractivity contribution is 0.463. The molecule has 0 fully saturated rings. The number of hydrogen-bond acceptors (Lipinski definition) is 2. The third-order valence-corrected chi connectivity index (χ3v) is 3.88. The number of nitrogens with one attached hydrogen (secondary N) is 1. The lowest BCUT2D eigenvalue weighted by Crippen LogP contribution is -2.10. The Balaban J connectivity index is 2.36. The molecule has 1 aliphatic carbocycles. The van der Waals surface area contributed by atoms with Crippen molar-refractivity contribution in [2.45, 2.75) is 25.7 Å². The molecule has 3 heteroatoms. The van der Waals surface area contributed by atoms with Crippen LogP contribution in [-0.2, 0) is 19.3 Å². The number of halogens is 1. The number of likely N-dealkylation sites (N-methyl/N-ethyl adjacent to an activating group) is 1. The molecule has 0 atom stereocenters. The van der Waals surface area contributed by atoms with Gasteiger partial charge in [-0.1, -0.05) is 6.07 Å². The molecule has 1 aromatic rings. The summed E-state index contributed by atoms with van der Waals surface area (Å²) in [6.45, 7) is 0.902. The first kappa shape index (κ1) is 11.0. The van der Waals surface area contributed by atoms with E-state index in [9.17, 15) is 5.11 Å². The van der Waals surface area contributed by atoms with Crippen LogP contribution in [0, 0.1) is 0 Å². The minimum Gasteiger partial charge on any atom is -0.506 e. The van der Waals surface area contributed by atoms with E-state index in [1.54, 1.807) is 0 Å². The van der Waals surface area contributed by atoms with E-state index < -0.39 is 0 Å². The van der Waals surface area contributed by atoms with Gasteiger partial charge < -0.3 is 10.4 Å². The van der Waals surface area contributed by atoms with Crippen LogP contribution in [0.3, 0.4) is 0 Å². The standard InChI is InChI=1S/C12H16BrNO/c1-14-6-5-9-7-8-3-2-4-10(8)11(13)12(9)15/h7,14-15H,2-6H2,1H3. The van der Waals surface area contributed by atoms with Crippen LogP contribution in [0.5, 0.6) is 5.75 Å². The van der Waals surface area contributed by atoms with Crippen molar-refractivity contribution in [1.82, 2.24) is 5.32 Å². The fourth-order valence-electron chi connectivity index (χ4n) is 2.19. The Morgan fingerprint density at radius 2 is 2.27 bits per heavy atom. The average Bonchev–Trinajstić information content (AvgIpc) is 2.69. The van der Waals surface area contributed by atoms with E-state index in [4.69, 9.17) is 0 Å². The van der Waals surface area contributed by atoms with Gasteiger partial charge in [0, 0.05) is 0 Å². The Kier molecular flexibility index (Phi) is 3.32. The number of aromatic hydroxyl groups is 1. The SMILES string of the molecule is CNCCc1cc2c(c(Br)c1O)CCC2. The Bertz CT molecular complexity index is 376. The zero-order valence-corrected chi connectivity index (χ0v) is 10.5. The molecule has 0 aromatic heterocycles. The maximum atomic E-state index is 10.0. The van der Waals surface area contributed by atoms with Crippen molar-refractivity contribution in [2.24, 2.45) is 0 Å². The van der Waals surface area contributed by atoms with Gasteiger partial charge in [-0.15, -0.1) is 0 Å². The summed E-state index contributed by atoms with van der Waals surface area (Å²) in [5.41, 5.74) is 3.77. The molecule has 0 unspecified atom stereocenters. The van der Waals surface area contributed by atoms with Crippen LogP contribution in [0.4, 0.5) is 0 Å². The van der Waals surface area contributed by atoms with E-state index in [2.05, 4.69) is 27.3 Å². The third-order valence-electron chi connectivity index (χ3n) is 3.03. The maximum absolute atomic E-state index is 10.0. The van der Waals surface area contributed by atoms with Gasteiger partial charge in [-0.2, -0.15) is 0 Å². The number of phenols is 1. The lowest BCUT2D eigenvalue weighted by atomic mass is 10.0. The molecule has 1 aliphatic rings. The quantitative estimate of drug-likeness (QED) is 0.884. The molecule has 2 N–H and O–H groups in total. The highest BCUT2D eigenvalue weighted by Crippen LogP contribution is 2.38. The fourth-order valence-corrected chi connectivity index (χ4v) is 2.90. The van der Waals surface area contributed by atoms with Crippen molar-refractivity contribution in [1.29, 1.82) is 0 Å². The first-order chi connectivity index (χ1) is 7.24. The largest absolute Gasteiger partial charge is 0.506 e. The predicted molar refractivity (Wildman–Crippen MR) is 65.5 cm³/mol. The second kappa shape index (κ2) is 4.54. The Morgan fingerprint density at radius 1 is 1.47 bits per heavy atom.